The monoisotopic (exact) mass is 466 g/mol. The second-order valence-corrected chi connectivity index (χ2v) is 7.49. The number of urea groups is 1. The van der Waals surface area contributed by atoms with E-state index in [1.54, 1.807) is 0 Å². The van der Waals surface area contributed by atoms with Crippen molar-refractivity contribution in [1.29, 1.82) is 0 Å². The van der Waals surface area contributed by atoms with Crippen molar-refractivity contribution in [1.82, 2.24) is 0 Å². The lowest BCUT2D eigenvalue weighted by Gasteiger charge is -2.06. The molecule has 0 saturated carbocycles. The Kier molecular flexibility index (Phi) is 7.08. The van der Waals surface area contributed by atoms with Crippen LogP contribution in [0.1, 0.15) is 0 Å². The largest absolute Gasteiger partial charge is 0.508 e. The number of carbonyl (C=O) groups excluding carboxylic acids is 1. The quantitative estimate of drug-likeness (QED) is 0.253. The Hall–Kier alpha value is -5.04. The smallest absolute Gasteiger partial charge is 0.323 e. The summed E-state index contributed by atoms with van der Waals surface area (Å²) in [5.41, 5.74) is 2.11. The average molecular weight is 466 g/mol. The third kappa shape index (κ3) is 6.06. The van der Waals surface area contributed by atoms with Crippen LogP contribution in [0, 0.1) is 0 Å². The summed E-state index contributed by atoms with van der Waals surface area (Å²) in [6, 6.07) is 31.3. The van der Waals surface area contributed by atoms with E-state index in [-0.39, 0.29) is 33.9 Å². The first-order valence-electron chi connectivity index (χ1n) is 10.7. The number of carbonyl (C=O) groups is 1. The van der Waals surface area contributed by atoms with E-state index < -0.39 is 0 Å². The van der Waals surface area contributed by atoms with E-state index in [0.29, 0.717) is 5.76 Å². The number of aromatic hydroxyl groups is 2. The van der Waals surface area contributed by atoms with Crippen molar-refractivity contribution in [3.8, 4) is 22.8 Å². The summed E-state index contributed by atoms with van der Waals surface area (Å²) in [5, 5.41) is 24.7. The van der Waals surface area contributed by atoms with Crippen molar-refractivity contribution in [3.63, 3.8) is 0 Å². The van der Waals surface area contributed by atoms with E-state index >= 15 is 0 Å². The molecule has 0 saturated heterocycles. The minimum atomic E-state index is -0.349. The van der Waals surface area contributed by atoms with Gasteiger partial charge in [-0.05, 0) is 24.3 Å². The first kappa shape index (κ1) is 23.1. The van der Waals surface area contributed by atoms with Crippen LogP contribution in [0.2, 0.25) is 0 Å². The van der Waals surface area contributed by atoms with Crippen LogP contribution < -0.4 is 16.1 Å². The molecule has 1 aromatic heterocycles. The molecule has 2 amide bonds. The van der Waals surface area contributed by atoms with Gasteiger partial charge in [-0.15, -0.1) is 0 Å². The van der Waals surface area contributed by atoms with E-state index in [0.717, 1.165) is 23.0 Å². The van der Waals surface area contributed by atoms with Crippen LogP contribution in [0.3, 0.4) is 0 Å². The number of fused-ring (bicyclic) bond motifs is 1. The molecule has 0 aliphatic rings. The number of para-hydroxylation sites is 2. The van der Waals surface area contributed by atoms with E-state index in [4.69, 9.17) is 4.42 Å². The van der Waals surface area contributed by atoms with Crippen LogP contribution in [0.4, 0.5) is 16.2 Å². The number of hydrogen-bond donors (Lipinski definition) is 4. The van der Waals surface area contributed by atoms with Crippen LogP contribution in [0.15, 0.2) is 118 Å². The van der Waals surface area contributed by atoms with Gasteiger partial charge < -0.3 is 25.3 Å². The molecule has 0 aliphatic carbocycles. The Labute approximate surface area is 200 Å². The molecule has 7 nitrogen and oxygen atoms in total. The molecular formula is C28H22N2O5. The number of anilines is 2. The first-order valence-corrected chi connectivity index (χ1v) is 10.7. The fraction of sp³-hybridized carbons (Fsp3) is 0. The van der Waals surface area contributed by atoms with E-state index in [2.05, 4.69) is 10.6 Å². The predicted octanol–water partition coefficient (Wildman–Crippen LogP) is 6.20. The van der Waals surface area contributed by atoms with Crippen molar-refractivity contribution in [2.24, 2.45) is 0 Å². The minimum absolute atomic E-state index is 0.0671. The van der Waals surface area contributed by atoms with Gasteiger partial charge in [0.15, 0.2) is 5.43 Å². The second kappa shape index (κ2) is 10.7. The number of phenols is 2. The third-order valence-electron chi connectivity index (χ3n) is 4.92. The summed E-state index contributed by atoms with van der Waals surface area (Å²) in [6.07, 6.45) is 0. The number of rotatable bonds is 3. The average Bonchev–Trinajstić information content (AvgIpc) is 2.85. The van der Waals surface area contributed by atoms with Gasteiger partial charge in [0, 0.05) is 35.1 Å². The second-order valence-electron chi connectivity index (χ2n) is 7.49. The Morgan fingerprint density at radius 1 is 0.686 bits per heavy atom. The molecular weight excluding hydrogens is 444 g/mol. The molecule has 0 spiro atoms. The molecule has 5 rings (SSSR count). The van der Waals surface area contributed by atoms with Crippen LogP contribution in [0.25, 0.3) is 22.3 Å². The zero-order valence-electron chi connectivity index (χ0n) is 18.5. The van der Waals surface area contributed by atoms with Gasteiger partial charge in [-0.1, -0.05) is 66.7 Å². The summed E-state index contributed by atoms with van der Waals surface area (Å²) < 4.78 is 5.57. The zero-order chi connectivity index (χ0) is 24.6. The lowest BCUT2D eigenvalue weighted by molar-refractivity contribution is 0.262. The summed E-state index contributed by atoms with van der Waals surface area (Å²) in [4.78, 5) is 23.6. The van der Waals surface area contributed by atoms with Crippen molar-refractivity contribution >= 4 is 28.4 Å². The summed E-state index contributed by atoms with van der Waals surface area (Å²) >= 11 is 0. The van der Waals surface area contributed by atoms with Crippen LogP contribution in [-0.2, 0) is 0 Å². The van der Waals surface area contributed by atoms with Crippen molar-refractivity contribution < 1.29 is 19.4 Å². The topological polar surface area (TPSA) is 112 Å². The standard InChI is InChI=1S/C15H10O4.C13H12N2O/c16-10-6-11(17)15-12(18)8-13(19-14(15)7-10)9-4-2-1-3-5-9;16-13(14-11-7-3-1-4-8-11)15-12-9-5-2-6-10-12/h1-8,16-17H;1-10H,(H2,14,15,16). The molecule has 174 valence electrons. The number of amides is 2. The Morgan fingerprint density at radius 2 is 1.20 bits per heavy atom. The molecule has 35 heavy (non-hydrogen) atoms. The molecule has 4 N–H and O–H groups in total. The summed E-state index contributed by atoms with van der Waals surface area (Å²) in [6.45, 7) is 0. The number of benzene rings is 4. The number of nitrogens with one attached hydrogen (secondary N) is 2. The van der Waals surface area contributed by atoms with Crippen LogP contribution in [-0.4, -0.2) is 16.2 Å². The lowest BCUT2D eigenvalue weighted by Crippen LogP contribution is -2.19. The van der Waals surface area contributed by atoms with Gasteiger partial charge in [-0.3, -0.25) is 4.79 Å². The number of hydrogen-bond acceptors (Lipinski definition) is 5. The Morgan fingerprint density at radius 3 is 1.74 bits per heavy atom. The van der Waals surface area contributed by atoms with Crippen molar-refractivity contribution in [2.75, 3.05) is 10.6 Å². The Bertz CT molecular complexity index is 1440. The molecule has 0 unspecified atom stereocenters. The third-order valence-corrected chi connectivity index (χ3v) is 4.92. The van der Waals surface area contributed by atoms with Gasteiger partial charge in [-0.2, -0.15) is 0 Å². The summed E-state index contributed by atoms with van der Waals surface area (Å²) in [5.74, 6) is -0.0511. The van der Waals surface area contributed by atoms with Gasteiger partial charge in [0.2, 0.25) is 0 Å². The van der Waals surface area contributed by atoms with E-state index in [1.807, 2.05) is 91.0 Å². The Balaban J connectivity index is 0.000000168. The molecule has 0 aliphatic heterocycles. The van der Waals surface area contributed by atoms with Crippen molar-refractivity contribution in [3.05, 3.63) is 119 Å². The fourth-order valence-electron chi connectivity index (χ4n) is 3.34. The SMILES string of the molecule is O=C(Nc1ccccc1)Nc1ccccc1.O=c1cc(-c2ccccc2)oc2cc(O)cc(O)c12. The molecule has 7 heteroatoms. The van der Waals surface area contributed by atoms with Crippen LogP contribution >= 0.6 is 0 Å². The molecule has 0 atom stereocenters. The van der Waals surface area contributed by atoms with Gasteiger partial charge in [0.25, 0.3) is 0 Å². The van der Waals surface area contributed by atoms with E-state index in [9.17, 15) is 19.8 Å². The van der Waals surface area contributed by atoms with Crippen molar-refractivity contribution in [2.45, 2.75) is 0 Å². The lowest BCUT2D eigenvalue weighted by atomic mass is 10.1. The van der Waals surface area contributed by atoms with Gasteiger partial charge in [0.1, 0.15) is 28.2 Å². The van der Waals surface area contributed by atoms with Gasteiger partial charge >= 0.3 is 6.03 Å². The minimum Gasteiger partial charge on any atom is -0.508 e. The molecule has 0 radical (unpaired) electrons. The highest BCUT2D eigenvalue weighted by Gasteiger charge is 2.11. The maximum Gasteiger partial charge on any atom is 0.323 e. The maximum atomic E-state index is 12.0. The normalized spacial score (nSPS) is 10.2. The molecule has 0 fully saturated rings. The number of phenolic OH excluding ortho intramolecular Hbond substituents is 2. The van der Waals surface area contributed by atoms with E-state index in [1.165, 1.54) is 12.1 Å². The first-order chi connectivity index (χ1) is 17.0. The highest BCUT2D eigenvalue weighted by molar-refractivity contribution is 5.99. The molecule has 1 heterocycles. The zero-order valence-corrected chi connectivity index (χ0v) is 18.5. The highest BCUT2D eigenvalue weighted by atomic mass is 16.3. The maximum absolute atomic E-state index is 12.0. The van der Waals surface area contributed by atoms with Gasteiger partial charge in [-0.25, -0.2) is 4.79 Å². The molecule has 0 bridgehead atoms. The molecule has 4 aromatic carbocycles. The predicted molar refractivity (Wildman–Crippen MR) is 137 cm³/mol. The summed E-state index contributed by atoms with van der Waals surface area (Å²) in [7, 11) is 0. The van der Waals surface area contributed by atoms with Crippen LogP contribution in [0.5, 0.6) is 11.5 Å². The fourth-order valence-corrected chi connectivity index (χ4v) is 3.34. The molecule has 5 aromatic rings. The van der Waals surface area contributed by atoms with Gasteiger partial charge in [0.05, 0.1) is 0 Å². The highest BCUT2D eigenvalue weighted by Crippen LogP contribution is 2.30.